The maximum atomic E-state index is 11.8. The van der Waals surface area contributed by atoms with Gasteiger partial charge in [-0.2, -0.15) is 0 Å². The molecule has 7 nitrogen and oxygen atoms in total. The molecule has 3 aromatic rings. The van der Waals surface area contributed by atoms with Gasteiger partial charge in [0.2, 0.25) is 5.91 Å². The van der Waals surface area contributed by atoms with Gasteiger partial charge in [0, 0.05) is 6.54 Å². The van der Waals surface area contributed by atoms with E-state index >= 15 is 0 Å². The first-order valence-electron chi connectivity index (χ1n) is 7.32. The topological polar surface area (TPSA) is 97.1 Å². The second-order valence-corrected chi connectivity index (χ2v) is 6.73. The zero-order chi connectivity index (χ0) is 17.5. The summed E-state index contributed by atoms with van der Waals surface area (Å²) in [4.78, 5) is 24.4. The van der Waals surface area contributed by atoms with Crippen LogP contribution in [0.4, 0.5) is 4.79 Å². The largest absolute Gasteiger partial charge is 0.410 e. The fraction of sp³-hybridized carbons (Fsp3) is 0.125. The number of nitrogens with one attached hydrogen (secondary N) is 2. The van der Waals surface area contributed by atoms with E-state index in [9.17, 15) is 9.59 Å². The SMILES string of the molecule is O=C(CSc1nnc(-c2cccs2)o1)NC(=O)NCc1ccccc1. The first-order valence-corrected chi connectivity index (χ1v) is 9.19. The third kappa shape index (κ3) is 5.16. The normalized spacial score (nSPS) is 10.4. The number of thioether (sulfide) groups is 1. The molecular weight excluding hydrogens is 360 g/mol. The molecule has 0 saturated heterocycles. The molecule has 2 heterocycles. The summed E-state index contributed by atoms with van der Waals surface area (Å²) in [5.74, 6) is -0.0184. The lowest BCUT2D eigenvalue weighted by atomic mass is 10.2. The minimum atomic E-state index is -0.542. The number of rotatable bonds is 6. The summed E-state index contributed by atoms with van der Waals surface area (Å²) < 4.78 is 5.46. The van der Waals surface area contributed by atoms with E-state index in [0.29, 0.717) is 12.4 Å². The van der Waals surface area contributed by atoms with Gasteiger partial charge >= 0.3 is 6.03 Å². The Hall–Kier alpha value is -2.65. The van der Waals surface area contributed by atoms with Crippen molar-refractivity contribution in [1.29, 1.82) is 0 Å². The van der Waals surface area contributed by atoms with Crippen molar-refractivity contribution in [2.24, 2.45) is 0 Å². The first kappa shape index (κ1) is 17.2. The van der Waals surface area contributed by atoms with Gasteiger partial charge in [0.25, 0.3) is 11.1 Å². The highest BCUT2D eigenvalue weighted by Gasteiger charge is 2.13. The third-order valence-corrected chi connectivity index (χ3v) is 4.69. The number of urea groups is 1. The molecule has 0 aliphatic rings. The summed E-state index contributed by atoms with van der Waals surface area (Å²) in [6.07, 6.45) is 0. The number of hydrogen-bond acceptors (Lipinski definition) is 7. The molecule has 0 aliphatic heterocycles. The minimum Gasteiger partial charge on any atom is -0.410 e. The molecule has 3 amide bonds. The lowest BCUT2D eigenvalue weighted by Gasteiger charge is -2.06. The average molecular weight is 374 g/mol. The molecule has 0 bridgehead atoms. The van der Waals surface area contributed by atoms with E-state index in [1.165, 1.54) is 11.3 Å². The van der Waals surface area contributed by atoms with Crippen LogP contribution >= 0.6 is 23.1 Å². The van der Waals surface area contributed by atoms with E-state index in [-0.39, 0.29) is 11.0 Å². The Morgan fingerprint density at radius 2 is 1.96 bits per heavy atom. The van der Waals surface area contributed by atoms with Crippen molar-refractivity contribution in [2.75, 3.05) is 5.75 Å². The number of carbonyl (C=O) groups is 2. The van der Waals surface area contributed by atoms with Gasteiger partial charge in [-0.3, -0.25) is 10.1 Å². The maximum absolute atomic E-state index is 11.8. The van der Waals surface area contributed by atoms with E-state index in [0.717, 1.165) is 22.2 Å². The van der Waals surface area contributed by atoms with Crippen LogP contribution < -0.4 is 10.6 Å². The lowest BCUT2D eigenvalue weighted by molar-refractivity contribution is -0.117. The zero-order valence-corrected chi connectivity index (χ0v) is 14.6. The minimum absolute atomic E-state index is 0.00479. The predicted octanol–water partition coefficient (Wildman–Crippen LogP) is 2.92. The van der Waals surface area contributed by atoms with E-state index in [1.54, 1.807) is 0 Å². The highest BCUT2D eigenvalue weighted by atomic mass is 32.2. The van der Waals surface area contributed by atoms with E-state index in [1.807, 2.05) is 47.8 Å². The monoisotopic (exact) mass is 374 g/mol. The fourth-order valence-corrected chi connectivity index (χ4v) is 3.09. The zero-order valence-electron chi connectivity index (χ0n) is 13.0. The molecule has 0 aliphatic carbocycles. The standard InChI is InChI=1S/C16H14N4O3S2/c21-13(18-15(22)17-9-11-5-2-1-3-6-11)10-25-16-20-19-14(23-16)12-7-4-8-24-12/h1-8H,9-10H2,(H2,17,18,21,22). The Kier molecular flexibility index (Phi) is 5.81. The Morgan fingerprint density at radius 1 is 1.12 bits per heavy atom. The number of thiophene rings is 1. The summed E-state index contributed by atoms with van der Waals surface area (Å²) >= 11 is 2.56. The number of benzene rings is 1. The Bertz CT molecular complexity index is 834. The van der Waals surface area contributed by atoms with Crippen molar-refractivity contribution < 1.29 is 14.0 Å². The number of carbonyl (C=O) groups excluding carboxylic acids is 2. The second kappa shape index (κ2) is 8.45. The number of amides is 3. The lowest BCUT2D eigenvalue weighted by Crippen LogP contribution is -2.39. The van der Waals surface area contributed by atoms with E-state index in [2.05, 4.69) is 20.8 Å². The smallest absolute Gasteiger partial charge is 0.321 e. The summed E-state index contributed by atoms with van der Waals surface area (Å²) in [5, 5.41) is 14.9. The summed E-state index contributed by atoms with van der Waals surface area (Å²) in [6, 6.07) is 12.6. The molecule has 0 saturated carbocycles. The Balaban J connectivity index is 1.41. The second-order valence-electron chi connectivity index (χ2n) is 4.86. The number of imide groups is 1. The number of hydrogen-bond donors (Lipinski definition) is 2. The summed E-state index contributed by atoms with van der Waals surface area (Å²) in [6.45, 7) is 0.348. The molecule has 2 N–H and O–H groups in total. The van der Waals surface area contributed by atoms with Crippen LogP contribution in [0.25, 0.3) is 10.8 Å². The number of nitrogens with zero attached hydrogens (tertiary/aromatic N) is 2. The molecule has 0 spiro atoms. The van der Waals surface area contributed by atoms with Gasteiger partial charge in [0.05, 0.1) is 10.6 Å². The molecule has 2 aromatic heterocycles. The molecule has 0 fully saturated rings. The van der Waals surface area contributed by atoms with Crippen molar-refractivity contribution in [2.45, 2.75) is 11.8 Å². The number of aromatic nitrogens is 2. The molecule has 0 atom stereocenters. The van der Waals surface area contributed by atoms with E-state index < -0.39 is 11.9 Å². The van der Waals surface area contributed by atoms with Crippen LogP contribution in [-0.4, -0.2) is 27.9 Å². The van der Waals surface area contributed by atoms with Crippen LogP contribution in [0.5, 0.6) is 0 Å². The van der Waals surface area contributed by atoms with Crippen LogP contribution in [0.2, 0.25) is 0 Å². The van der Waals surface area contributed by atoms with Crippen LogP contribution in [-0.2, 0) is 11.3 Å². The van der Waals surface area contributed by atoms with Gasteiger partial charge in [-0.15, -0.1) is 21.5 Å². The summed E-state index contributed by atoms with van der Waals surface area (Å²) in [7, 11) is 0. The van der Waals surface area contributed by atoms with Crippen molar-refractivity contribution in [3.8, 4) is 10.8 Å². The molecule has 3 rings (SSSR count). The van der Waals surface area contributed by atoms with Crippen molar-refractivity contribution in [3.05, 3.63) is 53.4 Å². The molecule has 1 aromatic carbocycles. The fourth-order valence-electron chi connectivity index (χ4n) is 1.88. The maximum Gasteiger partial charge on any atom is 0.321 e. The van der Waals surface area contributed by atoms with Gasteiger partial charge in [-0.1, -0.05) is 48.2 Å². The van der Waals surface area contributed by atoms with Gasteiger partial charge in [-0.25, -0.2) is 4.79 Å². The molecule has 0 unspecified atom stereocenters. The third-order valence-electron chi connectivity index (χ3n) is 3.01. The molecule has 25 heavy (non-hydrogen) atoms. The van der Waals surface area contributed by atoms with Gasteiger partial charge in [0.15, 0.2) is 0 Å². The van der Waals surface area contributed by atoms with Gasteiger partial charge < -0.3 is 9.73 Å². The average Bonchev–Trinajstić information content (AvgIpc) is 3.30. The van der Waals surface area contributed by atoms with Crippen molar-refractivity contribution in [3.63, 3.8) is 0 Å². The predicted molar refractivity (Wildman–Crippen MR) is 95.2 cm³/mol. The quantitative estimate of drug-likeness (QED) is 0.644. The molecule has 9 heteroatoms. The van der Waals surface area contributed by atoms with E-state index in [4.69, 9.17) is 4.42 Å². The van der Waals surface area contributed by atoms with Crippen LogP contribution in [0.3, 0.4) is 0 Å². The van der Waals surface area contributed by atoms with Crippen LogP contribution in [0, 0.1) is 0 Å². The van der Waals surface area contributed by atoms with Gasteiger partial charge in [-0.05, 0) is 17.0 Å². The Morgan fingerprint density at radius 3 is 2.72 bits per heavy atom. The van der Waals surface area contributed by atoms with Crippen molar-refractivity contribution in [1.82, 2.24) is 20.8 Å². The van der Waals surface area contributed by atoms with Crippen LogP contribution in [0.15, 0.2) is 57.5 Å². The van der Waals surface area contributed by atoms with Crippen LogP contribution in [0.1, 0.15) is 5.56 Å². The summed E-state index contributed by atoms with van der Waals surface area (Å²) in [5.41, 5.74) is 0.950. The highest BCUT2D eigenvalue weighted by molar-refractivity contribution is 7.99. The van der Waals surface area contributed by atoms with Gasteiger partial charge in [0.1, 0.15) is 0 Å². The molecule has 128 valence electrons. The highest BCUT2D eigenvalue weighted by Crippen LogP contribution is 2.26. The van der Waals surface area contributed by atoms with Crippen molar-refractivity contribution >= 4 is 35.0 Å². The Labute approximate surface area is 151 Å². The molecular formula is C16H14N4O3S2. The first-order chi connectivity index (χ1) is 12.2. The molecule has 0 radical (unpaired) electrons.